The van der Waals surface area contributed by atoms with Crippen LogP contribution in [0.3, 0.4) is 0 Å². The average molecular weight is 343 g/mol. The predicted octanol–water partition coefficient (Wildman–Crippen LogP) is 2.72. The Bertz CT molecular complexity index is 589. The lowest BCUT2D eigenvalue weighted by atomic mass is 9.88. The maximum Gasteiger partial charge on any atom is 0.223 e. The van der Waals surface area contributed by atoms with Gasteiger partial charge in [0.05, 0.1) is 0 Å². The molecule has 1 amide bonds. The van der Waals surface area contributed by atoms with Crippen LogP contribution in [0.1, 0.15) is 57.8 Å². The van der Waals surface area contributed by atoms with E-state index in [1.165, 1.54) is 32.1 Å². The van der Waals surface area contributed by atoms with E-state index in [0.29, 0.717) is 12.1 Å². The molecule has 3 fully saturated rings. The monoisotopic (exact) mass is 343 g/mol. The molecule has 3 aliphatic rings. The fourth-order valence-corrected chi connectivity index (χ4v) is 3.97. The van der Waals surface area contributed by atoms with E-state index < -0.39 is 0 Å². The summed E-state index contributed by atoms with van der Waals surface area (Å²) < 4.78 is 0. The number of rotatable bonds is 5. The highest BCUT2D eigenvalue weighted by molar-refractivity contribution is 5.79. The van der Waals surface area contributed by atoms with Crippen LogP contribution in [0.4, 0.5) is 11.6 Å². The Labute approximate surface area is 149 Å². The third kappa shape index (κ3) is 4.41. The number of hydrogen-bond acceptors (Lipinski definition) is 5. The number of carbonyl (C=O) groups is 1. The number of nitrogens with zero attached hydrogens (tertiary/aromatic N) is 3. The molecule has 0 bridgehead atoms. The van der Waals surface area contributed by atoms with Crippen LogP contribution in [-0.4, -0.2) is 41.0 Å². The first-order chi connectivity index (χ1) is 12.3. The average Bonchev–Trinajstić information content (AvgIpc) is 3.47. The van der Waals surface area contributed by atoms with Crippen LogP contribution in [-0.2, 0) is 4.79 Å². The van der Waals surface area contributed by atoms with Gasteiger partial charge in [-0.25, -0.2) is 9.97 Å². The van der Waals surface area contributed by atoms with Gasteiger partial charge in [-0.3, -0.25) is 4.79 Å². The lowest BCUT2D eigenvalue weighted by Crippen LogP contribution is -2.46. The van der Waals surface area contributed by atoms with E-state index in [4.69, 9.17) is 0 Å². The van der Waals surface area contributed by atoms with Gasteiger partial charge in [-0.15, -0.1) is 0 Å². The van der Waals surface area contributed by atoms with Crippen molar-refractivity contribution in [3.8, 4) is 0 Å². The van der Waals surface area contributed by atoms with Gasteiger partial charge < -0.3 is 15.5 Å². The molecular formula is C19H29N5O. The van der Waals surface area contributed by atoms with Gasteiger partial charge in [0.15, 0.2) is 0 Å². The summed E-state index contributed by atoms with van der Waals surface area (Å²) >= 11 is 0. The molecule has 2 saturated carbocycles. The molecule has 1 aliphatic heterocycles. The van der Waals surface area contributed by atoms with E-state index in [2.05, 4.69) is 31.6 Å². The molecule has 2 heterocycles. The Morgan fingerprint density at radius 2 is 1.72 bits per heavy atom. The fourth-order valence-electron chi connectivity index (χ4n) is 3.97. The van der Waals surface area contributed by atoms with Gasteiger partial charge in [0.25, 0.3) is 0 Å². The van der Waals surface area contributed by atoms with Crippen molar-refractivity contribution in [2.24, 2.45) is 5.92 Å². The van der Waals surface area contributed by atoms with E-state index in [1.807, 2.05) is 0 Å². The molecule has 0 radical (unpaired) electrons. The molecule has 0 aromatic carbocycles. The summed E-state index contributed by atoms with van der Waals surface area (Å²) in [6.45, 7) is 1.88. The summed E-state index contributed by atoms with van der Waals surface area (Å²) in [7, 11) is 0. The van der Waals surface area contributed by atoms with Crippen molar-refractivity contribution < 1.29 is 4.79 Å². The number of piperidine rings is 1. The van der Waals surface area contributed by atoms with Gasteiger partial charge in [0.1, 0.15) is 18.0 Å². The van der Waals surface area contributed by atoms with E-state index in [9.17, 15) is 4.79 Å². The van der Waals surface area contributed by atoms with Crippen LogP contribution < -0.4 is 15.5 Å². The Hall–Kier alpha value is -1.85. The molecule has 6 nitrogen and oxygen atoms in total. The van der Waals surface area contributed by atoms with Crippen molar-refractivity contribution in [3.63, 3.8) is 0 Å². The van der Waals surface area contributed by atoms with Crippen LogP contribution in [0.2, 0.25) is 0 Å². The van der Waals surface area contributed by atoms with Crippen molar-refractivity contribution in [3.05, 3.63) is 12.4 Å². The summed E-state index contributed by atoms with van der Waals surface area (Å²) in [5, 5.41) is 6.73. The molecule has 2 N–H and O–H groups in total. The minimum atomic E-state index is 0.254. The highest BCUT2D eigenvalue weighted by atomic mass is 16.1. The second-order valence-corrected chi connectivity index (χ2v) is 7.78. The standard InChI is InChI=1S/C19H29N5O/c25-19(14-4-2-1-3-5-14)23-16-8-10-24(11-9-16)18-12-17(20-13-21-18)22-15-6-7-15/h12-16H,1-11H2,(H,23,25)(H,20,21,22). The molecule has 1 aromatic rings. The lowest BCUT2D eigenvalue weighted by Gasteiger charge is -2.34. The summed E-state index contributed by atoms with van der Waals surface area (Å²) in [6, 6.07) is 2.97. The molecule has 0 atom stereocenters. The number of carbonyl (C=O) groups excluding carboxylic acids is 1. The highest BCUT2D eigenvalue weighted by Gasteiger charge is 2.26. The summed E-state index contributed by atoms with van der Waals surface area (Å²) in [5.41, 5.74) is 0. The van der Waals surface area contributed by atoms with Crippen molar-refractivity contribution >= 4 is 17.5 Å². The number of anilines is 2. The van der Waals surface area contributed by atoms with E-state index in [-0.39, 0.29) is 11.8 Å². The quantitative estimate of drug-likeness (QED) is 0.860. The maximum atomic E-state index is 12.4. The second-order valence-electron chi connectivity index (χ2n) is 7.78. The molecule has 1 saturated heterocycles. The van der Waals surface area contributed by atoms with Crippen LogP contribution in [0.25, 0.3) is 0 Å². The van der Waals surface area contributed by atoms with Gasteiger partial charge >= 0.3 is 0 Å². The zero-order valence-electron chi connectivity index (χ0n) is 14.9. The number of amides is 1. The lowest BCUT2D eigenvalue weighted by molar-refractivity contribution is -0.126. The Balaban J connectivity index is 1.27. The molecule has 25 heavy (non-hydrogen) atoms. The largest absolute Gasteiger partial charge is 0.367 e. The predicted molar refractivity (Wildman–Crippen MR) is 98.6 cm³/mol. The molecule has 1 aromatic heterocycles. The first-order valence-corrected chi connectivity index (χ1v) is 9.92. The van der Waals surface area contributed by atoms with E-state index >= 15 is 0 Å². The number of hydrogen-bond donors (Lipinski definition) is 2. The first kappa shape index (κ1) is 16.6. The zero-order valence-corrected chi connectivity index (χ0v) is 14.9. The van der Waals surface area contributed by atoms with Crippen LogP contribution in [0, 0.1) is 5.92 Å². The normalized spacial score (nSPS) is 22.6. The third-order valence-electron chi connectivity index (χ3n) is 5.72. The Morgan fingerprint density at radius 3 is 2.44 bits per heavy atom. The Morgan fingerprint density at radius 1 is 0.960 bits per heavy atom. The fraction of sp³-hybridized carbons (Fsp3) is 0.737. The van der Waals surface area contributed by atoms with Gasteiger partial charge in [-0.1, -0.05) is 19.3 Å². The maximum absolute atomic E-state index is 12.4. The number of aromatic nitrogens is 2. The van der Waals surface area contributed by atoms with Crippen molar-refractivity contribution in [1.82, 2.24) is 15.3 Å². The topological polar surface area (TPSA) is 70.2 Å². The molecular weight excluding hydrogens is 314 g/mol. The molecule has 136 valence electrons. The molecule has 0 spiro atoms. The van der Waals surface area contributed by atoms with Crippen molar-refractivity contribution in [2.75, 3.05) is 23.3 Å². The second kappa shape index (κ2) is 7.58. The molecule has 2 aliphatic carbocycles. The third-order valence-corrected chi connectivity index (χ3v) is 5.72. The first-order valence-electron chi connectivity index (χ1n) is 9.92. The minimum Gasteiger partial charge on any atom is -0.367 e. The van der Waals surface area contributed by atoms with Crippen molar-refractivity contribution in [1.29, 1.82) is 0 Å². The molecule has 4 rings (SSSR count). The van der Waals surface area contributed by atoms with Gasteiger partial charge in [-0.2, -0.15) is 0 Å². The Kier molecular flexibility index (Phi) is 5.04. The number of nitrogens with one attached hydrogen (secondary N) is 2. The van der Waals surface area contributed by atoms with E-state index in [1.54, 1.807) is 6.33 Å². The van der Waals surface area contributed by atoms with E-state index in [0.717, 1.165) is 50.4 Å². The SMILES string of the molecule is O=C(NC1CCN(c2cc(NC3CC3)ncn2)CC1)C1CCCCC1. The summed E-state index contributed by atoms with van der Waals surface area (Å²) in [4.78, 5) is 23.5. The van der Waals surface area contributed by atoms with Crippen LogP contribution >= 0.6 is 0 Å². The molecule has 0 unspecified atom stereocenters. The van der Waals surface area contributed by atoms with Gasteiger partial charge in [0, 0.05) is 37.2 Å². The van der Waals surface area contributed by atoms with Gasteiger partial charge in [-0.05, 0) is 38.5 Å². The summed E-state index contributed by atoms with van der Waals surface area (Å²) in [6.07, 6.45) is 12.0. The minimum absolute atomic E-state index is 0.254. The smallest absolute Gasteiger partial charge is 0.223 e. The highest BCUT2D eigenvalue weighted by Crippen LogP contribution is 2.26. The van der Waals surface area contributed by atoms with Crippen molar-refractivity contribution in [2.45, 2.75) is 69.9 Å². The van der Waals surface area contributed by atoms with Crippen LogP contribution in [0.5, 0.6) is 0 Å². The zero-order chi connectivity index (χ0) is 17.1. The molecule has 6 heteroatoms. The summed E-state index contributed by atoms with van der Waals surface area (Å²) in [5.74, 6) is 2.47. The van der Waals surface area contributed by atoms with Crippen LogP contribution in [0.15, 0.2) is 12.4 Å². The van der Waals surface area contributed by atoms with Gasteiger partial charge in [0.2, 0.25) is 5.91 Å².